The second-order valence-electron chi connectivity index (χ2n) is 6.16. The number of hydrogen-bond donors (Lipinski definition) is 1. The number of hydrogen-bond acceptors (Lipinski definition) is 4. The van der Waals surface area contributed by atoms with Gasteiger partial charge in [0, 0.05) is 19.3 Å². The maximum Gasteiger partial charge on any atom is 0.263 e. The molecule has 0 unspecified atom stereocenters. The first kappa shape index (κ1) is 17.8. The standard InChI is InChI=1S/C17H25N3O2/c1-13(2)10-20(11-14(3)4)12-15(8-18)17(21)19-9-16-6-5-7-22-16/h5-7,12-14H,9-11H2,1-4H3,(H,19,21)/b15-12-. The smallest absolute Gasteiger partial charge is 0.263 e. The van der Waals surface area contributed by atoms with Crippen molar-refractivity contribution in [2.45, 2.75) is 34.2 Å². The third-order valence-electron chi connectivity index (χ3n) is 2.88. The summed E-state index contributed by atoms with van der Waals surface area (Å²) in [5, 5.41) is 11.9. The molecule has 0 saturated heterocycles. The van der Waals surface area contributed by atoms with E-state index in [0.29, 0.717) is 17.6 Å². The summed E-state index contributed by atoms with van der Waals surface area (Å²) in [6, 6.07) is 5.52. The predicted molar refractivity (Wildman–Crippen MR) is 85.5 cm³/mol. The first-order valence-corrected chi connectivity index (χ1v) is 7.59. The quantitative estimate of drug-likeness (QED) is 0.592. The lowest BCUT2D eigenvalue weighted by molar-refractivity contribution is -0.117. The van der Waals surface area contributed by atoms with Gasteiger partial charge in [0.2, 0.25) is 0 Å². The van der Waals surface area contributed by atoms with Gasteiger partial charge < -0.3 is 14.6 Å². The van der Waals surface area contributed by atoms with Crippen LogP contribution in [0.5, 0.6) is 0 Å². The molecule has 1 N–H and O–H groups in total. The van der Waals surface area contributed by atoms with Gasteiger partial charge in [-0.1, -0.05) is 27.7 Å². The van der Waals surface area contributed by atoms with Crippen molar-refractivity contribution in [2.75, 3.05) is 13.1 Å². The molecule has 120 valence electrons. The summed E-state index contributed by atoms with van der Waals surface area (Å²) in [4.78, 5) is 14.1. The molecular formula is C17H25N3O2. The molecule has 0 saturated carbocycles. The van der Waals surface area contributed by atoms with Crippen LogP contribution in [0.2, 0.25) is 0 Å². The average molecular weight is 303 g/mol. The van der Waals surface area contributed by atoms with Gasteiger partial charge in [0.15, 0.2) is 0 Å². The third-order valence-corrected chi connectivity index (χ3v) is 2.88. The zero-order chi connectivity index (χ0) is 16.5. The van der Waals surface area contributed by atoms with Crippen LogP contribution in [0.3, 0.4) is 0 Å². The topological polar surface area (TPSA) is 69.3 Å². The number of nitriles is 1. The minimum absolute atomic E-state index is 0.118. The molecule has 1 aromatic rings. The lowest BCUT2D eigenvalue weighted by Crippen LogP contribution is -2.30. The highest BCUT2D eigenvalue weighted by atomic mass is 16.3. The number of carbonyl (C=O) groups excluding carboxylic acids is 1. The molecule has 0 aliphatic heterocycles. The molecule has 0 atom stereocenters. The SMILES string of the molecule is CC(C)CN(/C=C(/C#N)C(=O)NCc1ccco1)CC(C)C. The summed E-state index contributed by atoms with van der Waals surface area (Å²) >= 11 is 0. The molecule has 1 aromatic heterocycles. The van der Waals surface area contributed by atoms with E-state index in [2.05, 4.69) is 33.0 Å². The Bertz CT molecular complexity index is 515. The summed E-state index contributed by atoms with van der Waals surface area (Å²) in [5.41, 5.74) is 0.118. The molecule has 1 heterocycles. The van der Waals surface area contributed by atoms with E-state index >= 15 is 0 Å². The van der Waals surface area contributed by atoms with E-state index in [0.717, 1.165) is 13.1 Å². The van der Waals surface area contributed by atoms with Crippen molar-refractivity contribution in [1.29, 1.82) is 5.26 Å². The Morgan fingerprint density at radius 1 is 1.36 bits per heavy atom. The molecule has 5 nitrogen and oxygen atoms in total. The summed E-state index contributed by atoms with van der Waals surface area (Å²) < 4.78 is 5.16. The highest BCUT2D eigenvalue weighted by Crippen LogP contribution is 2.07. The Labute approximate surface area is 132 Å². The second kappa shape index (κ2) is 8.93. The Balaban J connectivity index is 2.72. The van der Waals surface area contributed by atoms with E-state index < -0.39 is 0 Å². The number of rotatable bonds is 8. The van der Waals surface area contributed by atoms with Crippen molar-refractivity contribution in [1.82, 2.24) is 10.2 Å². The number of nitrogens with zero attached hydrogens (tertiary/aromatic N) is 2. The van der Waals surface area contributed by atoms with E-state index in [1.807, 2.05) is 11.0 Å². The Morgan fingerprint density at radius 2 is 2.00 bits per heavy atom. The van der Waals surface area contributed by atoms with Crippen LogP contribution in [0, 0.1) is 23.2 Å². The average Bonchev–Trinajstić information content (AvgIpc) is 2.93. The van der Waals surface area contributed by atoms with Crippen LogP contribution in [-0.2, 0) is 11.3 Å². The third kappa shape index (κ3) is 6.49. The highest BCUT2D eigenvalue weighted by Gasteiger charge is 2.13. The summed E-state index contributed by atoms with van der Waals surface area (Å²) in [6.45, 7) is 10.4. The monoisotopic (exact) mass is 303 g/mol. The molecule has 0 spiro atoms. The molecule has 0 radical (unpaired) electrons. The van der Waals surface area contributed by atoms with Gasteiger partial charge in [0.25, 0.3) is 5.91 Å². The molecule has 0 aromatic carbocycles. The van der Waals surface area contributed by atoms with Gasteiger partial charge >= 0.3 is 0 Å². The van der Waals surface area contributed by atoms with Crippen LogP contribution < -0.4 is 5.32 Å². The molecule has 0 aliphatic rings. The molecule has 1 amide bonds. The second-order valence-corrected chi connectivity index (χ2v) is 6.16. The van der Waals surface area contributed by atoms with Crippen LogP contribution in [-0.4, -0.2) is 23.9 Å². The number of nitrogens with one attached hydrogen (secondary N) is 1. The number of amides is 1. The summed E-state index contributed by atoms with van der Waals surface area (Å²) in [5.74, 6) is 1.20. The molecular weight excluding hydrogens is 278 g/mol. The normalized spacial score (nSPS) is 11.6. The molecule has 22 heavy (non-hydrogen) atoms. The maximum absolute atomic E-state index is 12.1. The van der Waals surface area contributed by atoms with Crippen molar-refractivity contribution < 1.29 is 9.21 Å². The van der Waals surface area contributed by atoms with Gasteiger partial charge in [-0.3, -0.25) is 4.79 Å². The van der Waals surface area contributed by atoms with Crippen LogP contribution in [0.15, 0.2) is 34.6 Å². The van der Waals surface area contributed by atoms with Gasteiger partial charge in [0.05, 0.1) is 12.8 Å². The fourth-order valence-electron chi connectivity index (χ4n) is 2.11. The van der Waals surface area contributed by atoms with Gasteiger partial charge in [-0.25, -0.2) is 0 Å². The minimum Gasteiger partial charge on any atom is -0.467 e. The Hall–Kier alpha value is -2.22. The van der Waals surface area contributed by atoms with Crippen molar-refractivity contribution >= 4 is 5.91 Å². The molecule has 0 fully saturated rings. The summed E-state index contributed by atoms with van der Waals surface area (Å²) in [7, 11) is 0. The van der Waals surface area contributed by atoms with Crippen molar-refractivity contribution in [3.63, 3.8) is 0 Å². The molecule has 0 bridgehead atoms. The predicted octanol–water partition coefficient (Wildman–Crippen LogP) is 2.92. The van der Waals surface area contributed by atoms with Crippen molar-refractivity contribution in [3.8, 4) is 6.07 Å². The molecule has 0 aliphatic carbocycles. The Kier molecular flexibility index (Phi) is 7.24. The fraction of sp³-hybridized carbons (Fsp3) is 0.529. The minimum atomic E-state index is -0.378. The van der Waals surface area contributed by atoms with E-state index in [9.17, 15) is 10.1 Å². The highest BCUT2D eigenvalue weighted by molar-refractivity contribution is 5.97. The zero-order valence-corrected chi connectivity index (χ0v) is 13.8. The van der Waals surface area contributed by atoms with Crippen LogP contribution in [0.25, 0.3) is 0 Å². The first-order chi connectivity index (χ1) is 10.4. The van der Waals surface area contributed by atoms with E-state index in [4.69, 9.17) is 4.42 Å². The van der Waals surface area contributed by atoms with Crippen LogP contribution in [0.1, 0.15) is 33.5 Å². The zero-order valence-electron chi connectivity index (χ0n) is 13.8. The lowest BCUT2D eigenvalue weighted by Gasteiger charge is -2.24. The lowest BCUT2D eigenvalue weighted by atomic mass is 10.1. The van der Waals surface area contributed by atoms with Gasteiger partial charge in [0.1, 0.15) is 17.4 Å². The van der Waals surface area contributed by atoms with E-state index in [1.165, 1.54) is 0 Å². The molecule has 5 heteroatoms. The fourth-order valence-corrected chi connectivity index (χ4v) is 2.11. The van der Waals surface area contributed by atoms with Crippen LogP contribution >= 0.6 is 0 Å². The Morgan fingerprint density at radius 3 is 2.45 bits per heavy atom. The van der Waals surface area contributed by atoms with Crippen LogP contribution in [0.4, 0.5) is 0 Å². The van der Waals surface area contributed by atoms with Gasteiger partial charge in [-0.2, -0.15) is 5.26 Å². The number of furan rings is 1. The summed E-state index contributed by atoms with van der Waals surface area (Å²) in [6.07, 6.45) is 3.22. The maximum atomic E-state index is 12.1. The van der Waals surface area contributed by atoms with E-state index in [1.54, 1.807) is 24.6 Å². The number of carbonyl (C=O) groups is 1. The first-order valence-electron chi connectivity index (χ1n) is 7.59. The molecule has 1 rings (SSSR count). The van der Waals surface area contributed by atoms with Gasteiger partial charge in [-0.15, -0.1) is 0 Å². The largest absolute Gasteiger partial charge is 0.467 e. The van der Waals surface area contributed by atoms with E-state index in [-0.39, 0.29) is 18.0 Å². The van der Waals surface area contributed by atoms with Crippen molar-refractivity contribution in [2.24, 2.45) is 11.8 Å². The van der Waals surface area contributed by atoms with Gasteiger partial charge in [-0.05, 0) is 24.0 Å². The van der Waals surface area contributed by atoms with Crippen molar-refractivity contribution in [3.05, 3.63) is 35.9 Å².